The first kappa shape index (κ1) is 17.2. The number of carbonyl (C=O) groups is 1. The molecule has 0 saturated heterocycles. The molecule has 0 aliphatic heterocycles. The van der Waals surface area contributed by atoms with Crippen LogP contribution in [0, 0.1) is 0 Å². The zero-order chi connectivity index (χ0) is 17.6. The fraction of sp³-hybridized carbons (Fsp3) is 0.294. The first-order valence-electron chi connectivity index (χ1n) is 7.93. The van der Waals surface area contributed by atoms with Crippen molar-refractivity contribution >= 4 is 17.7 Å². The van der Waals surface area contributed by atoms with Gasteiger partial charge in [0, 0.05) is 17.7 Å². The average molecular weight is 357 g/mol. The third-order valence-electron chi connectivity index (χ3n) is 3.51. The predicted octanol–water partition coefficient (Wildman–Crippen LogP) is 2.92. The molecule has 2 aromatic heterocycles. The molecule has 25 heavy (non-hydrogen) atoms. The molecule has 7 nitrogen and oxygen atoms in total. The summed E-state index contributed by atoms with van der Waals surface area (Å²) in [5.74, 6) is 0.867. The maximum absolute atomic E-state index is 12.0. The monoisotopic (exact) mass is 357 g/mol. The van der Waals surface area contributed by atoms with Gasteiger partial charge in [-0.1, -0.05) is 47.3 Å². The summed E-state index contributed by atoms with van der Waals surface area (Å²) in [6.45, 7) is 4.41. The van der Waals surface area contributed by atoms with Crippen molar-refractivity contribution < 1.29 is 9.32 Å². The van der Waals surface area contributed by atoms with Crippen LogP contribution in [0.3, 0.4) is 0 Å². The van der Waals surface area contributed by atoms with Crippen molar-refractivity contribution in [1.29, 1.82) is 0 Å². The Morgan fingerprint density at radius 1 is 1.32 bits per heavy atom. The van der Waals surface area contributed by atoms with Crippen LogP contribution in [0.1, 0.15) is 25.6 Å². The van der Waals surface area contributed by atoms with Crippen LogP contribution in [0.5, 0.6) is 0 Å². The van der Waals surface area contributed by atoms with Gasteiger partial charge < -0.3 is 14.4 Å². The molecule has 3 aromatic rings. The van der Waals surface area contributed by atoms with Gasteiger partial charge in [0.2, 0.25) is 5.91 Å². The number of rotatable bonds is 7. The van der Waals surface area contributed by atoms with E-state index in [1.54, 1.807) is 6.33 Å². The highest BCUT2D eigenvalue weighted by molar-refractivity contribution is 7.99. The molecule has 3 rings (SSSR count). The predicted molar refractivity (Wildman–Crippen MR) is 94.9 cm³/mol. The molecule has 0 unspecified atom stereocenters. The van der Waals surface area contributed by atoms with Crippen molar-refractivity contribution in [3.05, 3.63) is 48.4 Å². The Bertz CT molecular complexity index is 828. The van der Waals surface area contributed by atoms with Gasteiger partial charge in [0.1, 0.15) is 12.0 Å². The fourth-order valence-electron chi connectivity index (χ4n) is 2.19. The molecule has 130 valence electrons. The normalized spacial score (nSPS) is 11.0. The zero-order valence-electron chi connectivity index (χ0n) is 14.0. The van der Waals surface area contributed by atoms with Gasteiger partial charge >= 0.3 is 0 Å². The lowest BCUT2D eigenvalue weighted by Crippen LogP contribution is -2.24. The minimum Gasteiger partial charge on any atom is -0.356 e. The van der Waals surface area contributed by atoms with E-state index in [1.165, 1.54) is 11.8 Å². The van der Waals surface area contributed by atoms with Gasteiger partial charge in [-0.05, 0) is 13.8 Å². The molecule has 8 heteroatoms. The van der Waals surface area contributed by atoms with E-state index in [-0.39, 0.29) is 17.7 Å². The van der Waals surface area contributed by atoms with Gasteiger partial charge in [-0.3, -0.25) is 4.79 Å². The molecule has 0 saturated carbocycles. The molecule has 0 fully saturated rings. The van der Waals surface area contributed by atoms with Crippen LogP contribution in [-0.4, -0.2) is 31.6 Å². The topological polar surface area (TPSA) is 85.8 Å². The van der Waals surface area contributed by atoms with Crippen molar-refractivity contribution in [1.82, 2.24) is 25.2 Å². The molecular formula is C17H19N5O2S. The minimum atomic E-state index is -0.0902. The van der Waals surface area contributed by atoms with Gasteiger partial charge in [-0.25, -0.2) is 0 Å². The van der Waals surface area contributed by atoms with E-state index in [1.807, 2.05) is 54.8 Å². The van der Waals surface area contributed by atoms with Gasteiger partial charge in [-0.2, -0.15) is 0 Å². The van der Waals surface area contributed by atoms with Crippen molar-refractivity contribution in [3.63, 3.8) is 0 Å². The molecule has 1 aromatic carbocycles. The SMILES string of the molecule is CC(C)n1cnnc1SCC(=O)NCc1cc(-c2ccccc2)on1. The fourth-order valence-corrected chi connectivity index (χ4v) is 3.07. The van der Waals surface area contributed by atoms with Crippen molar-refractivity contribution in [2.45, 2.75) is 31.6 Å². The lowest BCUT2D eigenvalue weighted by Gasteiger charge is -2.09. The maximum atomic E-state index is 12.0. The average Bonchev–Trinajstić information content (AvgIpc) is 3.28. The van der Waals surface area contributed by atoms with Crippen LogP contribution in [0.2, 0.25) is 0 Å². The molecule has 1 amide bonds. The standard InChI is InChI=1S/C17H19N5O2S/c1-12(2)22-11-19-20-17(22)25-10-16(23)18-9-14-8-15(24-21-14)13-6-4-3-5-7-13/h3-8,11-12H,9-10H2,1-2H3,(H,18,23). The van der Waals surface area contributed by atoms with E-state index in [4.69, 9.17) is 4.52 Å². The molecule has 2 heterocycles. The summed E-state index contributed by atoms with van der Waals surface area (Å²) < 4.78 is 7.25. The number of nitrogens with zero attached hydrogens (tertiary/aromatic N) is 4. The summed E-state index contributed by atoms with van der Waals surface area (Å²) >= 11 is 1.36. The summed E-state index contributed by atoms with van der Waals surface area (Å²) in [5, 5.41) is 15.5. The second-order valence-corrected chi connectivity index (χ2v) is 6.67. The number of hydrogen-bond acceptors (Lipinski definition) is 6. The summed E-state index contributed by atoms with van der Waals surface area (Å²) in [6.07, 6.45) is 1.67. The molecule has 0 spiro atoms. The lowest BCUT2D eigenvalue weighted by molar-refractivity contribution is -0.118. The van der Waals surface area contributed by atoms with Crippen LogP contribution < -0.4 is 5.32 Å². The van der Waals surface area contributed by atoms with Crippen LogP contribution >= 0.6 is 11.8 Å². The quantitative estimate of drug-likeness (QED) is 0.654. The van der Waals surface area contributed by atoms with Gasteiger partial charge in [0.15, 0.2) is 10.9 Å². The second-order valence-electron chi connectivity index (χ2n) is 5.73. The van der Waals surface area contributed by atoms with E-state index in [9.17, 15) is 4.79 Å². The summed E-state index contributed by atoms with van der Waals surface area (Å²) in [6, 6.07) is 11.8. The van der Waals surface area contributed by atoms with Gasteiger partial charge in [0.05, 0.1) is 12.3 Å². The Kier molecular flexibility index (Phi) is 5.49. The first-order chi connectivity index (χ1) is 12.1. The molecular weight excluding hydrogens is 338 g/mol. The van der Waals surface area contributed by atoms with Crippen molar-refractivity contribution in [2.75, 3.05) is 5.75 Å². The number of aromatic nitrogens is 4. The van der Waals surface area contributed by atoms with Gasteiger partial charge in [0.25, 0.3) is 0 Å². The van der Waals surface area contributed by atoms with Crippen molar-refractivity contribution in [2.24, 2.45) is 0 Å². The Balaban J connectivity index is 1.49. The smallest absolute Gasteiger partial charge is 0.230 e. The Morgan fingerprint density at radius 2 is 2.12 bits per heavy atom. The maximum Gasteiger partial charge on any atom is 0.230 e. The highest BCUT2D eigenvalue weighted by atomic mass is 32.2. The zero-order valence-corrected chi connectivity index (χ0v) is 14.9. The number of carbonyl (C=O) groups excluding carboxylic acids is 1. The number of thioether (sulfide) groups is 1. The Morgan fingerprint density at radius 3 is 2.88 bits per heavy atom. The minimum absolute atomic E-state index is 0.0902. The Labute approximate surface area is 149 Å². The van der Waals surface area contributed by atoms with E-state index < -0.39 is 0 Å². The highest BCUT2D eigenvalue weighted by Gasteiger charge is 2.12. The highest BCUT2D eigenvalue weighted by Crippen LogP contribution is 2.20. The van der Waals surface area contributed by atoms with Crippen LogP contribution in [0.4, 0.5) is 0 Å². The summed E-state index contributed by atoms with van der Waals surface area (Å²) in [5.41, 5.74) is 1.64. The third-order valence-corrected chi connectivity index (χ3v) is 4.47. The number of benzene rings is 1. The van der Waals surface area contributed by atoms with Crippen molar-refractivity contribution in [3.8, 4) is 11.3 Å². The molecule has 0 atom stereocenters. The summed E-state index contributed by atoms with van der Waals surface area (Å²) in [4.78, 5) is 12.0. The number of amides is 1. The molecule has 0 bridgehead atoms. The van der Waals surface area contributed by atoms with Crippen LogP contribution in [0.15, 0.2) is 52.4 Å². The molecule has 1 N–H and O–H groups in total. The Hall–Kier alpha value is -2.61. The van der Waals surface area contributed by atoms with Gasteiger partial charge in [-0.15, -0.1) is 10.2 Å². The number of hydrogen-bond donors (Lipinski definition) is 1. The van der Waals surface area contributed by atoms with E-state index in [0.717, 1.165) is 10.7 Å². The van der Waals surface area contributed by atoms with E-state index in [0.29, 0.717) is 18.0 Å². The lowest BCUT2D eigenvalue weighted by atomic mass is 10.2. The largest absolute Gasteiger partial charge is 0.356 e. The van der Waals surface area contributed by atoms with E-state index in [2.05, 4.69) is 20.7 Å². The second kappa shape index (κ2) is 7.98. The van der Waals surface area contributed by atoms with Crippen LogP contribution in [0.25, 0.3) is 11.3 Å². The summed E-state index contributed by atoms with van der Waals surface area (Å²) in [7, 11) is 0. The third kappa shape index (κ3) is 4.48. The first-order valence-corrected chi connectivity index (χ1v) is 8.92. The number of nitrogens with one attached hydrogen (secondary N) is 1. The molecule has 0 aliphatic carbocycles. The molecule has 0 aliphatic rings. The molecule has 0 radical (unpaired) electrons. The van der Waals surface area contributed by atoms with E-state index >= 15 is 0 Å². The van der Waals surface area contributed by atoms with Crippen LogP contribution in [-0.2, 0) is 11.3 Å².